The lowest BCUT2D eigenvalue weighted by Crippen LogP contribution is -2.53. The minimum absolute atomic E-state index is 0.0971. The fourth-order valence-corrected chi connectivity index (χ4v) is 6.53. The van der Waals surface area contributed by atoms with E-state index in [-0.39, 0.29) is 74.1 Å². The molecule has 2 heterocycles. The van der Waals surface area contributed by atoms with E-state index in [2.05, 4.69) is 33.6 Å². The number of non-ortho nitro benzene ring substituents is 3. The Morgan fingerprint density at radius 3 is 1.77 bits per heavy atom. The van der Waals surface area contributed by atoms with Gasteiger partial charge in [0.05, 0.1) is 14.8 Å². The van der Waals surface area contributed by atoms with Crippen LogP contribution in [0.2, 0.25) is 0 Å². The van der Waals surface area contributed by atoms with Gasteiger partial charge in [-0.05, 0) is 72.9 Å². The molecular formula is C37H39N9O14S. The van der Waals surface area contributed by atoms with Crippen molar-refractivity contribution in [3.63, 3.8) is 0 Å². The van der Waals surface area contributed by atoms with Gasteiger partial charge in [-0.3, -0.25) is 50.1 Å². The third-order valence-corrected chi connectivity index (χ3v) is 9.73. The van der Waals surface area contributed by atoms with Crippen molar-refractivity contribution >= 4 is 65.7 Å². The number of amides is 5. The number of alkyl carbamates (subject to hydrolysis) is 1. The largest absolute Gasteiger partial charge is 0.445 e. The van der Waals surface area contributed by atoms with Gasteiger partial charge in [-0.1, -0.05) is 0 Å². The van der Waals surface area contributed by atoms with Crippen LogP contribution in [0, 0.1) is 30.3 Å². The van der Waals surface area contributed by atoms with Gasteiger partial charge < -0.3 is 29.7 Å². The van der Waals surface area contributed by atoms with Crippen molar-refractivity contribution in [1.29, 1.82) is 0 Å². The highest BCUT2D eigenvalue weighted by Crippen LogP contribution is 2.26. The van der Waals surface area contributed by atoms with E-state index in [0.29, 0.717) is 23.1 Å². The van der Waals surface area contributed by atoms with Gasteiger partial charge >= 0.3 is 18.3 Å². The topological polar surface area (TPSA) is 297 Å². The molecule has 3 aromatic rings. The van der Waals surface area contributed by atoms with E-state index in [1.807, 2.05) is 0 Å². The minimum atomic E-state index is -1.21. The van der Waals surface area contributed by atoms with E-state index in [1.54, 1.807) is 0 Å². The van der Waals surface area contributed by atoms with Crippen molar-refractivity contribution in [2.45, 2.75) is 63.0 Å². The zero-order chi connectivity index (χ0) is 44.2. The van der Waals surface area contributed by atoms with Crippen LogP contribution in [0.25, 0.3) is 0 Å². The third-order valence-electron chi connectivity index (χ3n) is 9.35. The Labute approximate surface area is 351 Å². The van der Waals surface area contributed by atoms with Crippen LogP contribution >= 0.6 is 12.6 Å². The Bertz CT molecular complexity index is 2170. The Balaban J connectivity index is 1.16. The van der Waals surface area contributed by atoms with Crippen molar-refractivity contribution in [3.05, 3.63) is 120 Å². The number of guanidine groups is 1. The second-order valence-corrected chi connectivity index (χ2v) is 14.5. The summed E-state index contributed by atoms with van der Waals surface area (Å²) in [6, 6.07) is 13.3. The third kappa shape index (κ3) is 12.8. The molecule has 3 N–H and O–H groups in total. The molecule has 5 amide bonds. The predicted octanol–water partition coefficient (Wildman–Crippen LogP) is 3.73. The van der Waals surface area contributed by atoms with Crippen LogP contribution in [0.1, 0.15) is 36.5 Å². The van der Waals surface area contributed by atoms with Crippen LogP contribution in [0.15, 0.2) is 77.8 Å². The molecule has 0 radical (unpaired) electrons. The van der Waals surface area contributed by atoms with Crippen LogP contribution in [-0.4, -0.2) is 104 Å². The van der Waals surface area contributed by atoms with Gasteiger partial charge in [-0.25, -0.2) is 14.4 Å². The fourth-order valence-electron chi connectivity index (χ4n) is 6.15. The van der Waals surface area contributed by atoms with E-state index in [1.165, 1.54) is 89.5 Å². The number of nitro benzene ring substituents is 3. The number of likely N-dealkylation sites (tertiary alicyclic amines) is 2. The molecule has 23 nitrogen and oxygen atoms in total. The summed E-state index contributed by atoms with van der Waals surface area (Å²) in [7, 11) is 0. The molecule has 322 valence electrons. The molecule has 0 aromatic heterocycles. The van der Waals surface area contributed by atoms with Crippen molar-refractivity contribution in [3.8, 4) is 0 Å². The highest BCUT2D eigenvalue weighted by atomic mass is 32.1. The monoisotopic (exact) mass is 865 g/mol. The predicted molar refractivity (Wildman–Crippen MR) is 214 cm³/mol. The number of nitrogens with one attached hydrogen (secondary N) is 3. The molecule has 0 aliphatic carbocycles. The van der Waals surface area contributed by atoms with Crippen LogP contribution in [-0.2, 0) is 43.6 Å². The molecule has 61 heavy (non-hydrogen) atoms. The zero-order valence-electron chi connectivity index (χ0n) is 32.2. The van der Waals surface area contributed by atoms with Gasteiger partial charge in [0.2, 0.25) is 17.8 Å². The van der Waals surface area contributed by atoms with Gasteiger partial charge in [0.1, 0.15) is 31.9 Å². The molecule has 2 aliphatic rings. The maximum atomic E-state index is 13.7. The zero-order valence-corrected chi connectivity index (χ0v) is 33.1. The van der Waals surface area contributed by atoms with Gasteiger partial charge in [-0.15, -0.1) is 4.99 Å². The normalized spacial score (nSPS) is 17.7. The lowest BCUT2D eigenvalue weighted by molar-refractivity contribution is -0.385. The summed E-state index contributed by atoms with van der Waals surface area (Å²) in [5.41, 5.74) is 0.836. The van der Waals surface area contributed by atoms with Crippen molar-refractivity contribution in [2.75, 3.05) is 19.6 Å². The molecule has 0 saturated carbocycles. The maximum Gasteiger partial charge on any atom is 0.437 e. The number of rotatable bonds is 13. The summed E-state index contributed by atoms with van der Waals surface area (Å²) in [5.74, 6) is -1.53. The molecule has 2 fully saturated rings. The first kappa shape index (κ1) is 44.7. The first-order valence-electron chi connectivity index (χ1n) is 18.4. The van der Waals surface area contributed by atoms with E-state index in [9.17, 15) is 54.3 Å². The number of carbonyl (C=O) groups is 5. The average Bonchev–Trinajstić information content (AvgIpc) is 3.88. The van der Waals surface area contributed by atoms with Crippen LogP contribution < -0.4 is 16.0 Å². The van der Waals surface area contributed by atoms with E-state index in [4.69, 9.17) is 14.2 Å². The second kappa shape index (κ2) is 20.5. The Morgan fingerprint density at radius 1 is 0.770 bits per heavy atom. The Kier molecular flexibility index (Phi) is 15.1. The number of ether oxygens (including phenoxy) is 3. The summed E-state index contributed by atoms with van der Waals surface area (Å²) in [6.45, 7) is 1.04. The molecule has 3 aromatic carbocycles. The minimum Gasteiger partial charge on any atom is -0.445 e. The van der Waals surface area contributed by atoms with Crippen molar-refractivity contribution in [2.24, 2.45) is 4.99 Å². The summed E-state index contributed by atoms with van der Waals surface area (Å²) >= 11 is 4.48. The van der Waals surface area contributed by atoms with E-state index in [0.717, 1.165) is 0 Å². The summed E-state index contributed by atoms with van der Waals surface area (Å²) in [4.78, 5) is 103. The molecule has 24 heteroatoms. The standard InChI is InChI=1S/C37H39N9O14S/c1-22(32(47)39-26-14-15-42(17-26)33(48)31-16-30(61)18-43(31)37(51)60-21-25-6-12-29(13-7-25)46(56)57)38-34(40-35(49)58-19-23-2-8-27(9-3-23)44(52)53)41-36(50)59-20-24-4-10-28(11-5-24)45(54)55/h2-13,22,26,30-31,61H,14-21H2,1H3,(H,39,47)(H2,38,40,41,49,50)/t22-,26-,30-,31-/m0/s1. The van der Waals surface area contributed by atoms with Crippen LogP contribution in [0.5, 0.6) is 0 Å². The van der Waals surface area contributed by atoms with Crippen molar-refractivity contribution < 1.29 is 53.0 Å². The highest BCUT2D eigenvalue weighted by molar-refractivity contribution is 7.81. The van der Waals surface area contributed by atoms with Crippen LogP contribution in [0.4, 0.5) is 31.4 Å². The highest BCUT2D eigenvalue weighted by Gasteiger charge is 2.43. The molecule has 4 atom stereocenters. The summed E-state index contributed by atoms with van der Waals surface area (Å²) < 4.78 is 15.7. The average molecular weight is 866 g/mol. The lowest BCUT2D eigenvalue weighted by atomic mass is 10.2. The van der Waals surface area contributed by atoms with Gasteiger partial charge in [0.15, 0.2) is 0 Å². The van der Waals surface area contributed by atoms with Gasteiger partial charge in [0, 0.05) is 67.3 Å². The molecule has 0 bridgehead atoms. The number of nitro groups is 3. The SMILES string of the molecule is C[C@H](N/C(=N\C(=O)OCc1ccc([N+](=O)[O-])cc1)NC(=O)OCc1ccc([N+](=O)[O-])cc1)C(=O)N[C@H]1CCN(C(=O)[C@@H]2C[C@H](S)CN2C(=O)OCc2ccc([N+](=O)[O-])cc2)C1. The fraction of sp³-hybridized carbons (Fsp3) is 0.351. The summed E-state index contributed by atoms with van der Waals surface area (Å²) in [6.07, 6.45) is -2.48. The van der Waals surface area contributed by atoms with Gasteiger partial charge in [-0.2, -0.15) is 12.6 Å². The van der Waals surface area contributed by atoms with Crippen molar-refractivity contribution in [1.82, 2.24) is 25.8 Å². The smallest absolute Gasteiger partial charge is 0.437 e. The number of benzene rings is 3. The number of hydrogen-bond donors (Lipinski definition) is 4. The molecular weight excluding hydrogens is 827 g/mol. The molecule has 2 saturated heterocycles. The second-order valence-electron chi connectivity index (χ2n) is 13.7. The molecule has 2 aliphatic heterocycles. The number of hydrogen-bond acceptors (Lipinski definition) is 15. The Hall–Kier alpha value is -7.37. The van der Waals surface area contributed by atoms with Crippen LogP contribution in [0.3, 0.4) is 0 Å². The Morgan fingerprint density at radius 2 is 1.26 bits per heavy atom. The first-order valence-corrected chi connectivity index (χ1v) is 18.9. The number of aliphatic imine (C=N–C) groups is 1. The molecule has 0 unspecified atom stereocenters. The summed E-state index contributed by atoms with van der Waals surface area (Å²) in [5, 5.41) is 40.2. The molecule has 0 spiro atoms. The van der Waals surface area contributed by atoms with E-state index < -0.39 is 63.0 Å². The lowest BCUT2D eigenvalue weighted by Gasteiger charge is -2.27. The van der Waals surface area contributed by atoms with Gasteiger partial charge in [0.25, 0.3) is 17.1 Å². The van der Waals surface area contributed by atoms with E-state index >= 15 is 0 Å². The number of nitrogens with zero attached hydrogens (tertiary/aromatic N) is 6. The quantitative estimate of drug-likeness (QED) is 0.0475. The molecule has 5 rings (SSSR count). The first-order chi connectivity index (χ1) is 29.1. The number of carbonyl (C=O) groups excluding carboxylic acids is 5. The maximum absolute atomic E-state index is 13.7. The number of thiol groups is 1.